The molecule has 1 aromatic heterocycles. The van der Waals surface area contributed by atoms with E-state index < -0.39 is 15.4 Å². The summed E-state index contributed by atoms with van der Waals surface area (Å²) in [6.07, 6.45) is 0. The van der Waals surface area contributed by atoms with E-state index in [4.69, 9.17) is 27.4 Å². The molecule has 0 unspecified atom stereocenters. The molecule has 0 amide bonds. The molecule has 0 aliphatic heterocycles. The van der Waals surface area contributed by atoms with E-state index in [0.29, 0.717) is 21.4 Å². The second-order valence-electron chi connectivity index (χ2n) is 5.87. The lowest BCUT2D eigenvalue weighted by atomic mass is 10.2. The van der Waals surface area contributed by atoms with Crippen molar-refractivity contribution < 1.29 is 12.6 Å². The summed E-state index contributed by atoms with van der Waals surface area (Å²) in [7, 11) is -3.79. The highest BCUT2D eigenvalue weighted by Gasteiger charge is 2.23. The average Bonchev–Trinajstić information content (AvgIpc) is 3.01. The summed E-state index contributed by atoms with van der Waals surface area (Å²) in [5.74, 6) is 0.0796. The molecule has 0 fully saturated rings. The van der Waals surface area contributed by atoms with E-state index in [-0.39, 0.29) is 5.88 Å². The molecule has 136 valence electrons. The maximum Gasteiger partial charge on any atom is 0.313 e. The van der Waals surface area contributed by atoms with Crippen LogP contribution in [0.4, 0.5) is 0 Å². The quantitative estimate of drug-likeness (QED) is 0.557. The van der Waals surface area contributed by atoms with Crippen molar-refractivity contribution in [3.63, 3.8) is 0 Å². The summed E-state index contributed by atoms with van der Waals surface area (Å²) in [6.45, 7) is 3.10. The third-order valence-corrected chi connectivity index (χ3v) is 5.97. The van der Waals surface area contributed by atoms with Crippen molar-refractivity contribution in [2.24, 2.45) is 0 Å². The lowest BCUT2D eigenvalue weighted by molar-refractivity contribution is 0.457. The van der Waals surface area contributed by atoms with Gasteiger partial charge >= 0.3 is 10.1 Å². The van der Waals surface area contributed by atoms with Crippen molar-refractivity contribution in [1.29, 1.82) is 0 Å². The molecule has 0 radical (unpaired) electrons. The molecule has 0 aliphatic carbocycles. The van der Waals surface area contributed by atoms with Gasteiger partial charge in [-0.2, -0.15) is 18.2 Å². The molecule has 1 heterocycles. The SMILES string of the molecule is CC(C)S(=O)(=O)Oc1cc(-c2ccccc2)nn1-c1ccc(Cl)c(Cl)c1. The first kappa shape index (κ1) is 18.8. The van der Waals surface area contributed by atoms with Gasteiger partial charge in [0.1, 0.15) is 0 Å². The van der Waals surface area contributed by atoms with Crippen LogP contribution in [-0.2, 0) is 10.1 Å². The minimum absolute atomic E-state index is 0.0796. The smallest absolute Gasteiger partial charge is 0.313 e. The van der Waals surface area contributed by atoms with Crippen molar-refractivity contribution in [1.82, 2.24) is 9.78 Å². The summed E-state index contributed by atoms with van der Waals surface area (Å²) >= 11 is 12.1. The first-order valence-electron chi connectivity index (χ1n) is 7.82. The summed E-state index contributed by atoms with van der Waals surface area (Å²) < 4.78 is 31.2. The first-order valence-corrected chi connectivity index (χ1v) is 10.0. The number of rotatable bonds is 5. The Balaban J connectivity index is 2.14. The molecule has 26 heavy (non-hydrogen) atoms. The zero-order chi connectivity index (χ0) is 18.9. The van der Waals surface area contributed by atoms with Gasteiger partial charge in [0.15, 0.2) is 0 Å². The van der Waals surface area contributed by atoms with Crippen molar-refractivity contribution in [2.45, 2.75) is 19.1 Å². The molecule has 5 nitrogen and oxygen atoms in total. The molecular formula is C18H16Cl2N2O3S. The van der Waals surface area contributed by atoms with Crippen LogP contribution in [0.15, 0.2) is 54.6 Å². The average molecular weight is 411 g/mol. The fourth-order valence-corrected chi connectivity index (χ4v) is 3.03. The Hall–Kier alpha value is -2.02. The Morgan fingerprint density at radius 1 is 1.00 bits per heavy atom. The third kappa shape index (κ3) is 3.87. The molecule has 0 atom stereocenters. The summed E-state index contributed by atoms with van der Waals surface area (Å²) in [4.78, 5) is 0. The highest BCUT2D eigenvalue weighted by molar-refractivity contribution is 7.87. The monoisotopic (exact) mass is 410 g/mol. The van der Waals surface area contributed by atoms with Crippen LogP contribution in [-0.4, -0.2) is 23.4 Å². The second-order valence-corrected chi connectivity index (χ2v) is 8.78. The number of nitrogens with zero attached hydrogens (tertiary/aromatic N) is 2. The topological polar surface area (TPSA) is 61.2 Å². The maximum absolute atomic E-state index is 12.2. The highest BCUT2D eigenvalue weighted by atomic mass is 35.5. The van der Waals surface area contributed by atoms with Crippen molar-refractivity contribution in [3.05, 3.63) is 64.6 Å². The standard InChI is InChI=1S/C18H16Cl2N2O3S/c1-12(2)26(23,24)25-18-11-17(13-6-4-3-5-7-13)21-22(18)14-8-9-15(19)16(20)10-14/h3-12H,1-2H3. The largest absolute Gasteiger partial charge is 0.361 e. The molecule has 8 heteroatoms. The molecule has 0 spiro atoms. The number of halogens is 2. The molecule has 2 aromatic carbocycles. The minimum Gasteiger partial charge on any atom is -0.361 e. The Labute approximate surface area is 162 Å². The van der Waals surface area contributed by atoms with Gasteiger partial charge in [-0.05, 0) is 32.0 Å². The van der Waals surface area contributed by atoms with E-state index in [1.54, 1.807) is 38.1 Å². The van der Waals surface area contributed by atoms with Crippen molar-refractivity contribution in [3.8, 4) is 22.8 Å². The second kappa shape index (κ2) is 7.31. The van der Waals surface area contributed by atoms with Gasteiger partial charge in [0.25, 0.3) is 0 Å². The molecule has 0 saturated carbocycles. The molecule has 0 bridgehead atoms. The van der Waals surface area contributed by atoms with Crippen LogP contribution < -0.4 is 4.18 Å². The zero-order valence-corrected chi connectivity index (χ0v) is 16.4. The van der Waals surface area contributed by atoms with E-state index in [1.165, 1.54) is 4.68 Å². The fraction of sp³-hybridized carbons (Fsp3) is 0.167. The minimum atomic E-state index is -3.79. The number of aromatic nitrogens is 2. The van der Waals surface area contributed by atoms with E-state index in [9.17, 15) is 8.42 Å². The van der Waals surface area contributed by atoms with Crippen LogP contribution in [0, 0.1) is 0 Å². The van der Waals surface area contributed by atoms with Gasteiger partial charge in [0.05, 0.1) is 26.7 Å². The van der Waals surface area contributed by atoms with E-state index in [2.05, 4.69) is 5.10 Å². The lowest BCUT2D eigenvalue weighted by Crippen LogP contribution is -2.21. The van der Waals surface area contributed by atoms with E-state index in [1.807, 2.05) is 30.3 Å². The number of hydrogen-bond donors (Lipinski definition) is 0. The molecule has 0 N–H and O–H groups in total. The summed E-state index contributed by atoms with van der Waals surface area (Å²) in [6, 6.07) is 15.9. The molecule has 3 rings (SSSR count). The molecular weight excluding hydrogens is 395 g/mol. The van der Waals surface area contributed by atoms with Crippen LogP contribution in [0.5, 0.6) is 5.88 Å². The Morgan fingerprint density at radius 2 is 1.69 bits per heavy atom. The van der Waals surface area contributed by atoms with Crippen LogP contribution in [0.1, 0.15) is 13.8 Å². The number of benzene rings is 2. The zero-order valence-electron chi connectivity index (χ0n) is 14.1. The Kier molecular flexibility index (Phi) is 5.27. The first-order chi connectivity index (χ1) is 12.3. The summed E-state index contributed by atoms with van der Waals surface area (Å²) in [5, 5.41) is 4.52. The van der Waals surface area contributed by atoms with E-state index >= 15 is 0 Å². The van der Waals surface area contributed by atoms with Crippen molar-refractivity contribution in [2.75, 3.05) is 0 Å². The van der Waals surface area contributed by atoms with Gasteiger partial charge in [-0.25, -0.2) is 0 Å². The lowest BCUT2D eigenvalue weighted by Gasteiger charge is -2.11. The fourth-order valence-electron chi connectivity index (χ4n) is 2.19. The van der Waals surface area contributed by atoms with Crippen LogP contribution in [0.25, 0.3) is 16.9 Å². The molecule has 0 saturated heterocycles. The number of hydrogen-bond acceptors (Lipinski definition) is 4. The van der Waals surface area contributed by atoms with Gasteiger partial charge in [-0.1, -0.05) is 53.5 Å². The predicted octanol–water partition coefficient (Wildman–Crippen LogP) is 4.96. The van der Waals surface area contributed by atoms with Crippen LogP contribution in [0.3, 0.4) is 0 Å². The Morgan fingerprint density at radius 3 is 2.31 bits per heavy atom. The maximum atomic E-state index is 12.2. The van der Waals surface area contributed by atoms with E-state index in [0.717, 1.165) is 5.56 Å². The van der Waals surface area contributed by atoms with Gasteiger partial charge in [0, 0.05) is 11.6 Å². The van der Waals surface area contributed by atoms with Gasteiger partial charge < -0.3 is 4.18 Å². The van der Waals surface area contributed by atoms with Crippen LogP contribution in [0.2, 0.25) is 10.0 Å². The third-order valence-electron chi connectivity index (χ3n) is 3.67. The molecule has 3 aromatic rings. The highest BCUT2D eigenvalue weighted by Crippen LogP contribution is 2.30. The molecule has 0 aliphatic rings. The van der Waals surface area contributed by atoms with Gasteiger partial charge in [-0.3, -0.25) is 0 Å². The Bertz CT molecular complexity index is 1030. The van der Waals surface area contributed by atoms with Gasteiger partial charge in [0.2, 0.25) is 5.88 Å². The normalized spacial score (nSPS) is 11.7. The predicted molar refractivity (Wildman–Crippen MR) is 104 cm³/mol. The van der Waals surface area contributed by atoms with Crippen LogP contribution >= 0.6 is 23.2 Å². The van der Waals surface area contributed by atoms with Crippen molar-refractivity contribution >= 4 is 33.3 Å². The van der Waals surface area contributed by atoms with Gasteiger partial charge in [-0.15, -0.1) is 0 Å². The summed E-state index contributed by atoms with van der Waals surface area (Å²) in [5.41, 5.74) is 1.94.